The zero-order chi connectivity index (χ0) is 10.9. The Morgan fingerprint density at radius 3 is 2.29 bits per heavy atom. The summed E-state index contributed by atoms with van der Waals surface area (Å²) in [7, 11) is 0. The molecule has 0 saturated heterocycles. The van der Waals surface area contributed by atoms with Crippen molar-refractivity contribution in [3.63, 3.8) is 0 Å². The first-order valence-corrected chi connectivity index (χ1v) is 4.84. The number of amides is 1. The van der Waals surface area contributed by atoms with Crippen LogP contribution in [0.4, 0.5) is 4.79 Å². The molecule has 0 radical (unpaired) electrons. The SMILES string of the molecule is CC(C)(C)N(C(=O)O)C1CC(NN)C1. The van der Waals surface area contributed by atoms with E-state index in [-0.39, 0.29) is 17.6 Å². The minimum Gasteiger partial charge on any atom is -0.465 e. The van der Waals surface area contributed by atoms with Gasteiger partial charge in [-0.05, 0) is 33.6 Å². The Labute approximate surface area is 84.2 Å². The molecule has 1 fully saturated rings. The minimum atomic E-state index is -0.849. The van der Waals surface area contributed by atoms with Gasteiger partial charge in [-0.1, -0.05) is 0 Å². The molecule has 1 amide bonds. The highest BCUT2D eigenvalue weighted by molar-refractivity contribution is 5.66. The average molecular weight is 201 g/mol. The lowest BCUT2D eigenvalue weighted by Crippen LogP contribution is -2.60. The monoisotopic (exact) mass is 201 g/mol. The van der Waals surface area contributed by atoms with Gasteiger partial charge in [-0.3, -0.25) is 11.3 Å². The fourth-order valence-electron chi connectivity index (χ4n) is 1.93. The first kappa shape index (κ1) is 11.3. The zero-order valence-corrected chi connectivity index (χ0v) is 8.95. The second-order valence-corrected chi connectivity index (χ2v) is 4.81. The summed E-state index contributed by atoms with van der Waals surface area (Å²) in [6.45, 7) is 5.72. The van der Waals surface area contributed by atoms with Crippen LogP contribution >= 0.6 is 0 Å². The van der Waals surface area contributed by atoms with Crippen molar-refractivity contribution in [1.29, 1.82) is 0 Å². The molecule has 0 aliphatic heterocycles. The van der Waals surface area contributed by atoms with E-state index in [1.165, 1.54) is 4.90 Å². The van der Waals surface area contributed by atoms with E-state index in [9.17, 15) is 4.79 Å². The lowest BCUT2D eigenvalue weighted by atomic mass is 9.84. The Balaban J connectivity index is 2.59. The Kier molecular flexibility index (Phi) is 3.01. The van der Waals surface area contributed by atoms with Crippen LogP contribution in [-0.2, 0) is 0 Å². The molecule has 1 rings (SSSR count). The van der Waals surface area contributed by atoms with E-state index in [0.717, 1.165) is 12.8 Å². The number of carbonyl (C=O) groups is 1. The van der Waals surface area contributed by atoms with E-state index in [0.29, 0.717) is 0 Å². The number of rotatable bonds is 2. The van der Waals surface area contributed by atoms with Gasteiger partial charge >= 0.3 is 6.09 Å². The van der Waals surface area contributed by atoms with Crippen LogP contribution < -0.4 is 11.3 Å². The molecular weight excluding hydrogens is 182 g/mol. The molecule has 1 saturated carbocycles. The highest BCUT2D eigenvalue weighted by Crippen LogP contribution is 2.30. The molecule has 5 heteroatoms. The lowest BCUT2D eigenvalue weighted by molar-refractivity contribution is 0.0289. The largest absolute Gasteiger partial charge is 0.465 e. The van der Waals surface area contributed by atoms with Crippen LogP contribution in [-0.4, -0.2) is 33.7 Å². The van der Waals surface area contributed by atoms with Crippen molar-refractivity contribution in [2.24, 2.45) is 5.84 Å². The molecule has 0 heterocycles. The van der Waals surface area contributed by atoms with Gasteiger partial charge in [0.15, 0.2) is 0 Å². The quantitative estimate of drug-likeness (QED) is 0.455. The first-order valence-electron chi connectivity index (χ1n) is 4.84. The Bertz CT molecular complexity index is 219. The van der Waals surface area contributed by atoms with Crippen molar-refractivity contribution in [1.82, 2.24) is 10.3 Å². The molecular formula is C9H19N3O2. The zero-order valence-electron chi connectivity index (χ0n) is 8.95. The smallest absolute Gasteiger partial charge is 0.407 e. The summed E-state index contributed by atoms with van der Waals surface area (Å²) in [5.41, 5.74) is 2.32. The number of hydrogen-bond donors (Lipinski definition) is 3. The fourth-order valence-corrected chi connectivity index (χ4v) is 1.93. The summed E-state index contributed by atoms with van der Waals surface area (Å²) in [6.07, 6.45) is 0.762. The number of carboxylic acid groups (broad SMARTS) is 1. The Morgan fingerprint density at radius 1 is 1.50 bits per heavy atom. The normalized spacial score (nSPS) is 26.9. The van der Waals surface area contributed by atoms with Gasteiger partial charge in [-0.2, -0.15) is 0 Å². The third kappa shape index (κ3) is 2.16. The molecule has 1 aliphatic rings. The minimum absolute atomic E-state index is 0.105. The van der Waals surface area contributed by atoms with Crippen molar-refractivity contribution in [3.8, 4) is 0 Å². The van der Waals surface area contributed by atoms with Crippen molar-refractivity contribution in [2.75, 3.05) is 0 Å². The van der Waals surface area contributed by atoms with Crippen LogP contribution in [0.3, 0.4) is 0 Å². The van der Waals surface area contributed by atoms with Crippen molar-refractivity contribution >= 4 is 6.09 Å². The van der Waals surface area contributed by atoms with Crippen LogP contribution in [0.25, 0.3) is 0 Å². The van der Waals surface area contributed by atoms with Gasteiger partial charge in [0, 0.05) is 17.6 Å². The molecule has 14 heavy (non-hydrogen) atoms. The summed E-state index contributed by atoms with van der Waals surface area (Å²) in [4.78, 5) is 12.6. The molecule has 0 aromatic heterocycles. The number of hydrazine groups is 1. The summed E-state index contributed by atoms with van der Waals surface area (Å²) in [5, 5.41) is 9.08. The third-order valence-corrected chi connectivity index (χ3v) is 2.64. The molecule has 5 nitrogen and oxygen atoms in total. The number of hydrogen-bond acceptors (Lipinski definition) is 3. The second-order valence-electron chi connectivity index (χ2n) is 4.81. The van der Waals surface area contributed by atoms with Gasteiger partial charge in [-0.15, -0.1) is 0 Å². The molecule has 1 aliphatic carbocycles. The summed E-state index contributed by atoms with van der Waals surface area (Å²) in [5.74, 6) is 5.27. The molecule has 0 aromatic rings. The van der Waals surface area contributed by atoms with Crippen molar-refractivity contribution in [2.45, 2.75) is 51.2 Å². The topological polar surface area (TPSA) is 78.6 Å². The second kappa shape index (κ2) is 3.74. The van der Waals surface area contributed by atoms with Crippen LogP contribution in [0.1, 0.15) is 33.6 Å². The third-order valence-electron chi connectivity index (χ3n) is 2.64. The molecule has 82 valence electrons. The fraction of sp³-hybridized carbons (Fsp3) is 0.889. The summed E-state index contributed by atoms with van der Waals surface area (Å²) < 4.78 is 0. The number of nitrogens with two attached hydrogens (primary N) is 1. The predicted molar refractivity (Wildman–Crippen MR) is 53.7 cm³/mol. The highest BCUT2D eigenvalue weighted by atomic mass is 16.4. The summed E-state index contributed by atoms with van der Waals surface area (Å²) >= 11 is 0. The maximum Gasteiger partial charge on any atom is 0.407 e. The van der Waals surface area contributed by atoms with Crippen LogP contribution in [0.2, 0.25) is 0 Å². The molecule has 0 aromatic carbocycles. The summed E-state index contributed by atoms with van der Waals surface area (Å²) in [6, 6.07) is 0.373. The molecule has 0 bridgehead atoms. The van der Waals surface area contributed by atoms with E-state index in [2.05, 4.69) is 5.43 Å². The van der Waals surface area contributed by atoms with E-state index >= 15 is 0 Å². The molecule has 0 atom stereocenters. The Hall–Kier alpha value is -0.810. The van der Waals surface area contributed by atoms with Gasteiger partial charge in [-0.25, -0.2) is 4.79 Å². The van der Waals surface area contributed by atoms with Crippen molar-refractivity contribution < 1.29 is 9.90 Å². The van der Waals surface area contributed by atoms with Gasteiger partial charge in [0.25, 0.3) is 0 Å². The van der Waals surface area contributed by atoms with Gasteiger partial charge in [0.05, 0.1) is 0 Å². The van der Waals surface area contributed by atoms with E-state index in [4.69, 9.17) is 10.9 Å². The maximum atomic E-state index is 11.0. The van der Waals surface area contributed by atoms with Gasteiger partial charge in [0.1, 0.15) is 0 Å². The van der Waals surface area contributed by atoms with Gasteiger partial charge < -0.3 is 10.0 Å². The van der Waals surface area contributed by atoms with Crippen LogP contribution in [0.15, 0.2) is 0 Å². The van der Waals surface area contributed by atoms with Gasteiger partial charge in [0.2, 0.25) is 0 Å². The van der Waals surface area contributed by atoms with E-state index < -0.39 is 6.09 Å². The van der Waals surface area contributed by atoms with Crippen LogP contribution in [0, 0.1) is 0 Å². The lowest BCUT2D eigenvalue weighted by Gasteiger charge is -2.47. The molecule has 4 N–H and O–H groups in total. The molecule has 0 spiro atoms. The van der Waals surface area contributed by atoms with E-state index in [1.807, 2.05) is 20.8 Å². The van der Waals surface area contributed by atoms with E-state index in [1.54, 1.807) is 0 Å². The Morgan fingerprint density at radius 2 is 2.00 bits per heavy atom. The maximum absolute atomic E-state index is 11.0. The standard InChI is InChI=1S/C9H19N3O2/c1-9(2,3)12(8(13)14)7-4-6(5-7)11-10/h6-7,11H,4-5,10H2,1-3H3,(H,13,14). The predicted octanol–water partition coefficient (Wildman–Crippen LogP) is 0.759. The number of nitrogens with one attached hydrogen (secondary N) is 1. The molecule has 0 unspecified atom stereocenters. The van der Waals surface area contributed by atoms with Crippen molar-refractivity contribution in [3.05, 3.63) is 0 Å². The number of nitrogens with zero attached hydrogens (tertiary/aromatic N) is 1. The highest BCUT2D eigenvalue weighted by Gasteiger charge is 2.40. The van der Waals surface area contributed by atoms with Crippen LogP contribution in [0.5, 0.6) is 0 Å². The first-order chi connectivity index (χ1) is 6.36. The average Bonchev–Trinajstić information content (AvgIpc) is 1.91.